The highest BCUT2D eigenvalue weighted by molar-refractivity contribution is 6.31. The van der Waals surface area contributed by atoms with Crippen LogP contribution >= 0.6 is 23.2 Å². The Bertz CT molecular complexity index is 1400. The van der Waals surface area contributed by atoms with E-state index >= 15 is 0 Å². The average molecular weight is 598 g/mol. The fourth-order valence-electron chi connectivity index (χ4n) is 3.61. The second kappa shape index (κ2) is 13.3. The Labute approximate surface area is 240 Å². The summed E-state index contributed by atoms with van der Waals surface area (Å²) in [6.07, 6.45) is -4.72. The fourth-order valence-corrected chi connectivity index (χ4v) is 3.95. The lowest BCUT2D eigenvalue weighted by Gasteiger charge is -2.19. The lowest BCUT2D eigenvalue weighted by atomic mass is 10.1. The lowest BCUT2D eigenvalue weighted by molar-refractivity contribution is -0.137. The van der Waals surface area contributed by atoms with Gasteiger partial charge in [-0.2, -0.15) is 13.2 Å². The van der Waals surface area contributed by atoms with Crippen LogP contribution in [0.1, 0.15) is 38.8 Å². The Morgan fingerprint density at radius 2 is 1.45 bits per heavy atom. The minimum absolute atomic E-state index is 0.0183. The standard InChI is InChI=1S/C28H28Cl2F3N3O4/c1-5-39-23-13-17(26(37)34-18-6-8-21(29)16(2)12-18)14-24(40-11-10-36(3)4)25(23)27(38)35-19-7-9-22(30)20(15-19)28(31,32)33/h6-9,12-15H,5,10-11H2,1-4H3,(H,34,37)(H,35,38). The van der Waals surface area contributed by atoms with Crippen LogP contribution in [0.5, 0.6) is 11.5 Å². The van der Waals surface area contributed by atoms with Crippen LogP contribution in [0, 0.1) is 6.92 Å². The van der Waals surface area contributed by atoms with E-state index in [9.17, 15) is 22.8 Å². The van der Waals surface area contributed by atoms with Gasteiger partial charge in [-0.1, -0.05) is 23.2 Å². The molecule has 2 N–H and O–H groups in total. The topological polar surface area (TPSA) is 79.9 Å². The van der Waals surface area contributed by atoms with Gasteiger partial charge in [-0.15, -0.1) is 0 Å². The third-order valence-corrected chi connectivity index (χ3v) is 6.35. The number of anilines is 2. The highest BCUT2D eigenvalue weighted by Gasteiger charge is 2.33. The van der Waals surface area contributed by atoms with E-state index in [4.69, 9.17) is 32.7 Å². The molecule has 40 heavy (non-hydrogen) atoms. The van der Waals surface area contributed by atoms with E-state index in [-0.39, 0.29) is 41.5 Å². The van der Waals surface area contributed by atoms with Gasteiger partial charge in [0.15, 0.2) is 0 Å². The maximum atomic E-state index is 13.4. The molecule has 0 aliphatic carbocycles. The molecule has 0 saturated heterocycles. The van der Waals surface area contributed by atoms with E-state index in [1.165, 1.54) is 18.2 Å². The fraction of sp³-hybridized carbons (Fsp3) is 0.286. The number of likely N-dealkylation sites (N-methyl/N-ethyl adjacent to an activating group) is 1. The number of halogens is 5. The zero-order valence-corrected chi connectivity index (χ0v) is 23.7. The van der Waals surface area contributed by atoms with Crippen molar-refractivity contribution in [3.8, 4) is 11.5 Å². The molecule has 3 aromatic rings. The summed E-state index contributed by atoms with van der Waals surface area (Å²) in [5.41, 5.74) is 0.101. The van der Waals surface area contributed by atoms with E-state index in [1.54, 1.807) is 32.0 Å². The summed E-state index contributed by atoms with van der Waals surface area (Å²) in [7, 11) is 3.67. The second-order valence-electron chi connectivity index (χ2n) is 9.00. The highest BCUT2D eigenvalue weighted by atomic mass is 35.5. The summed E-state index contributed by atoms with van der Waals surface area (Å²) in [4.78, 5) is 28.4. The molecule has 0 atom stereocenters. The van der Waals surface area contributed by atoms with Crippen LogP contribution in [0.2, 0.25) is 10.0 Å². The molecule has 0 aliphatic heterocycles. The predicted molar refractivity (Wildman–Crippen MR) is 150 cm³/mol. The molecule has 0 aromatic heterocycles. The number of hydrogen-bond acceptors (Lipinski definition) is 5. The molecule has 0 heterocycles. The average Bonchev–Trinajstić information content (AvgIpc) is 2.86. The van der Waals surface area contributed by atoms with Gasteiger partial charge in [0.25, 0.3) is 11.8 Å². The molecule has 0 fully saturated rings. The lowest BCUT2D eigenvalue weighted by Crippen LogP contribution is -2.22. The molecular weight excluding hydrogens is 570 g/mol. The molecule has 3 rings (SSSR count). The van der Waals surface area contributed by atoms with Crippen molar-refractivity contribution in [1.82, 2.24) is 4.90 Å². The van der Waals surface area contributed by atoms with Crippen LogP contribution in [0.25, 0.3) is 0 Å². The van der Waals surface area contributed by atoms with Crippen molar-refractivity contribution in [3.05, 3.63) is 80.8 Å². The number of rotatable bonds is 10. The third kappa shape index (κ3) is 8.03. The van der Waals surface area contributed by atoms with Crippen LogP contribution in [-0.2, 0) is 6.18 Å². The van der Waals surface area contributed by atoms with Crippen LogP contribution in [0.4, 0.5) is 24.5 Å². The number of benzene rings is 3. The van der Waals surface area contributed by atoms with Gasteiger partial charge in [-0.25, -0.2) is 0 Å². The van der Waals surface area contributed by atoms with Gasteiger partial charge < -0.3 is 25.0 Å². The minimum Gasteiger partial charge on any atom is -0.493 e. The van der Waals surface area contributed by atoms with E-state index in [0.29, 0.717) is 17.3 Å². The van der Waals surface area contributed by atoms with Crippen molar-refractivity contribution in [2.75, 3.05) is 44.5 Å². The van der Waals surface area contributed by atoms with Crippen LogP contribution < -0.4 is 20.1 Å². The van der Waals surface area contributed by atoms with Crippen LogP contribution in [0.15, 0.2) is 48.5 Å². The molecule has 2 amide bonds. The van der Waals surface area contributed by atoms with Gasteiger partial charge in [0.2, 0.25) is 0 Å². The number of alkyl halides is 3. The molecule has 7 nitrogen and oxygen atoms in total. The van der Waals surface area contributed by atoms with Crippen molar-refractivity contribution in [2.24, 2.45) is 0 Å². The number of carbonyl (C=O) groups excluding carboxylic acids is 2. The van der Waals surface area contributed by atoms with Crippen molar-refractivity contribution >= 4 is 46.4 Å². The summed E-state index contributed by atoms with van der Waals surface area (Å²) in [6, 6.07) is 10.8. The quantitative estimate of drug-likeness (QED) is 0.259. The largest absolute Gasteiger partial charge is 0.493 e. The van der Waals surface area contributed by atoms with E-state index in [0.717, 1.165) is 17.7 Å². The van der Waals surface area contributed by atoms with Gasteiger partial charge in [0.1, 0.15) is 23.7 Å². The van der Waals surface area contributed by atoms with Crippen molar-refractivity contribution < 1.29 is 32.2 Å². The minimum atomic E-state index is -4.72. The first-order valence-electron chi connectivity index (χ1n) is 12.1. The first-order chi connectivity index (χ1) is 18.8. The van der Waals surface area contributed by atoms with Gasteiger partial charge >= 0.3 is 6.18 Å². The Hall–Kier alpha value is -3.47. The van der Waals surface area contributed by atoms with Gasteiger partial charge in [-0.05, 0) is 82.0 Å². The van der Waals surface area contributed by atoms with Gasteiger partial charge in [-0.3, -0.25) is 9.59 Å². The van der Waals surface area contributed by atoms with Crippen molar-refractivity contribution in [3.63, 3.8) is 0 Å². The molecular formula is C28H28Cl2F3N3O4. The highest BCUT2D eigenvalue weighted by Crippen LogP contribution is 2.37. The first kappa shape index (κ1) is 31.1. The maximum absolute atomic E-state index is 13.4. The van der Waals surface area contributed by atoms with Gasteiger partial charge in [0, 0.05) is 28.5 Å². The number of aryl methyl sites for hydroxylation is 1. The number of nitrogens with zero attached hydrogens (tertiary/aromatic N) is 1. The first-order valence-corrected chi connectivity index (χ1v) is 12.9. The molecule has 0 aliphatic rings. The Kier molecular flexibility index (Phi) is 10.3. The number of hydrogen-bond donors (Lipinski definition) is 2. The van der Waals surface area contributed by atoms with Crippen molar-refractivity contribution in [1.29, 1.82) is 0 Å². The Balaban J connectivity index is 2.02. The zero-order valence-electron chi connectivity index (χ0n) is 22.2. The predicted octanol–water partition coefficient (Wildman–Crippen LogP) is 7.16. The molecule has 0 bridgehead atoms. The summed E-state index contributed by atoms with van der Waals surface area (Å²) in [5.74, 6) is -1.25. The number of ether oxygens (including phenoxy) is 2. The van der Waals surface area contributed by atoms with Crippen LogP contribution in [-0.4, -0.2) is 50.6 Å². The van der Waals surface area contributed by atoms with Crippen LogP contribution in [0.3, 0.4) is 0 Å². The summed E-state index contributed by atoms with van der Waals surface area (Å²) in [5, 5.41) is 5.28. The van der Waals surface area contributed by atoms with Crippen molar-refractivity contribution in [2.45, 2.75) is 20.0 Å². The zero-order chi connectivity index (χ0) is 29.6. The van der Waals surface area contributed by atoms with E-state index < -0.39 is 28.6 Å². The summed E-state index contributed by atoms with van der Waals surface area (Å²) >= 11 is 11.8. The Morgan fingerprint density at radius 1 is 0.875 bits per heavy atom. The molecule has 3 aromatic carbocycles. The van der Waals surface area contributed by atoms with E-state index in [2.05, 4.69) is 10.6 Å². The molecule has 12 heteroatoms. The third-order valence-electron chi connectivity index (χ3n) is 5.60. The Morgan fingerprint density at radius 3 is 2.02 bits per heavy atom. The molecule has 0 spiro atoms. The number of amides is 2. The molecule has 0 unspecified atom stereocenters. The molecule has 214 valence electrons. The molecule has 0 saturated carbocycles. The van der Waals surface area contributed by atoms with Gasteiger partial charge in [0.05, 0.1) is 17.2 Å². The normalized spacial score (nSPS) is 11.3. The second-order valence-corrected chi connectivity index (χ2v) is 9.81. The van der Waals surface area contributed by atoms with E-state index in [1.807, 2.05) is 19.0 Å². The maximum Gasteiger partial charge on any atom is 0.417 e. The number of carbonyl (C=O) groups is 2. The smallest absolute Gasteiger partial charge is 0.417 e. The molecule has 0 radical (unpaired) electrons. The SMILES string of the molecule is CCOc1cc(C(=O)Nc2ccc(Cl)c(C)c2)cc(OCCN(C)C)c1C(=O)Nc1ccc(Cl)c(C(F)(F)F)c1. The summed E-state index contributed by atoms with van der Waals surface area (Å²) < 4.78 is 51.6. The monoisotopic (exact) mass is 597 g/mol. The number of nitrogens with one attached hydrogen (secondary N) is 2. The summed E-state index contributed by atoms with van der Waals surface area (Å²) in [6.45, 7) is 4.26.